The van der Waals surface area contributed by atoms with E-state index < -0.39 is 0 Å². The molecule has 104 valence electrons. The topological polar surface area (TPSA) is 49.3 Å². The van der Waals surface area contributed by atoms with E-state index in [1.165, 1.54) is 0 Å². The van der Waals surface area contributed by atoms with E-state index in [1.54, 1.807) is 36.4 Å². The minimum Gasteiger partial charge on any atom is -0.508 e. The van der Waals surface area contributed by atoms with Gasteiger partial charge in [-0.15, -0.1) is 0 Å². The second-order valence-corrected chi connectivity index (χ2v) is 5.29. The predicted molar refractivity (Wildman–Crippen MR) is 81.6 cm³/mol. The molecule has 2 rings (SSSR count). The van der Waals surface area contributed by atoms with Crippen molar-refractivity contribution >= 4 is 34.8 Å². The molecule has 0 fully saturated rings. The lowest BCUT2D eigenvalue weighted by atomic mass is 10.1. The average Bonchev–Trinajstić information content (AvgIpc) is 2.36. The maximum Gasteiger partial charge on any atom is 0.228 e. The number of carbonyl (C=O) groups is 1. The number of phenols is 1. The van der Waals surface area contributed by atoms with Gasteiger partial charge in [0.2, 0.25) is 5.91 Å². The lowest BCUT2D eigenvalue weighted by molar-refractivity contribution is -0.115. The van der Waals surface area contributed by atoms with Crippen molar-refractivity contribution < 1.29 is 9.90 Å². The average molecular weight is 310 g/mol. The van der Waals surface area contributed by atoms with E-state index in [2.05, 4.69) is 5.32 Å². The van der Waals surface area contributed by atoms with E-state index in [9.17, 15) is 9.90 Å². The Morgan fingerprint density at radius 2 is 1.95 bits per heavy atom. The van der Waals surface area contributed by atoms with Crippen LogP contribution in [0.4, 0.5) is 5.69 Å². The first-order valence-electron chi connectivity index (χ1n) is 5.99. The first-order valence-corrected chi connectivity index (χ1v) is 6.74. The molecule has 2 N–H and O–H groups in total. The van der Waals surface area contributed by atoms with Gasteiger partial charge in [0.05, 0.1) is 17.1 Å². The van der Waals surface area contributed by atoms with Gasteiger partial charge >= 0.3 is 0 Å². The highest BCUT2D eigenvalue weighted by Gasteiger charge is 2.09. The maximum atomic E-state index is 11.9. The van der Waals surface area contributed by atoms with E-state index >= 15 is 0 Å². The Bertz CT molecular complexity index is 656. The molecular weight excluding hydrogens is 297 g/mol. The van der Waals surface area contributed by atoms with Crippen molar-refractivity contribution in [1.29, 1.82) is 0 Å². The summed E-state index contributed by atoms with van der Waals surface area (Å²) in [6, 6.07) is 9.88. The molecule has 5 heteroatoms. The minimum absolute atomic E-state index is 0.131. The fourth-order valence-corrected chi connectivity index (χ4v) is 2.22. The number of hydrogen-bond donors (Lipinski definition) is 2. The van der Waals surface area contributed by atoms with Gasteiger partial charge in [-0.3, -0.25) is 4.79 Å². The highest BCUT2D eigenvalue weighted by atomic mass is 35.5. The van der Waals surface area contributed by atoms with Crippen molar-refractivity contribution in [2.75, 3.05) is 5.32 Å². The molecule has 0 radical (unpaired) electrons. The molecule has 0 bridgehead atoms. The first kappa shape index (κ1) is 14.7. The largest absolute Gasteiger partial charge is 0.508 e. The van der Waals surface area contributed by atoms with E-state index in [1.807, 2.05) is 6.92 Å². The van der Waals surface area contributed by atoms with E-state index in [4.69, 9.17) is 23.2 Å². The lowest BCUT2D eigenvalue weighted by Crippen LogP contribution is -2.14. The van der Waals surface area contributed by atoms with Crippen molar-refractivity contribution in [3.8, 4) is 5.75 Å². The van der Waals surface area contributed by atoms with Crippen LogP contribution in [0, 0.1) is 6.92 Å². The van der Waals surface area contributed by atoms with Crippen molar-refractivity contribution in [1.82, 2.24) is 0 Å². The third-order valence-electron chi connectivity index (χ3n) is 2.80. The molecule has 0 aliphatic heterocycles. The summed E-state index contributed by atoms with van der Waals surface area (Å²) in [5.41, 5.74) is 2.05. The van der Waals surface area contributed by atoms with E-state index in [-0.39, 0.29) is 18.1 Å². The van der Waals surface area contributed by atoms with Gasteiger partial charge in [0.1, 0.15) is 5.75 Å². The second kappa shape index (κ2) is 6.16. The molecule has 0 atom stereocenters. The van der Waals surface area contributed by atoms with Gasteiger partial charge in [-0.1, -0.05) is 35.3 Å². The molecule has 0 saturated carbocycles. The van der Waals surface area contributed by atoms with Crippen molar-refractivity contribution in [2.24, 2.45) is 0 Å². The van der Waals surface area contributed by atoms with Gasteiger partial charge in [-0.05, 0) is 42.3 Å². The number of phenolic OH excluding ortho intramolecular Hbond substituents is 1. The zero-order valence-corrected chi connectivity index (χ0v) is 12.3. The monoisotopic (exact) mass is 309 g/mol. The number of halogens is 2. The van der Waals surface area contributed by atoms with Crippen LogP contribution in [0.2, 0.25) is 10.0 Å². The zero-order valence-electron chi connectivity index (χ0n) is 10.8. The normalized spacial score (nSPS) is 10.3. The molecule has 0 heterocycles. The number of aromatic hydroxyl groups is 1. The van der Waals surface area contributed by atoms with Crippen LogP contribution in [0.25, 0.3) is 0 Å². The van der Waals surface area contributed by atoms with Crippen LogP contribution >= 0.6 is 23.2 Å². The lowest BCUT2D eigenvalue weighted by Gasteiger charge is -2.09. The summed E-state index contributed by atoms with van der Waals surface area (Å²) in [4.78, 5) is 11.9. The molecule has 0 spiro atoms. The highest BCUT2D eigenvalue weighted by Crippen LogP contribution is 2.28. The van der Waals surface area contributed by atoms with Crippen LogP contribution < -0.4 is 5.32 Å². The Morgan fingerprint density at radius 3 is 2.65 bits per heavy atom. The smallest absolute Gasteiger partial charge is 0.228 e. The molecule has 0 saturated heterocycles. The third-order valence-corrected chi connectivity index (χ3v) is 3.52. The molecule has 0 unspecified atom stereocenters. The summed E-state index contributed by atoms with van der Waals surface area (Å²) in [5, 5.41) is 13.1. The highest BCUT2D eigenvalue weighted by molar-refractivity contribution is 6.36. The Labute approximate surface area is 127 Å². The quantitative estimate of drug-likeness (QED) is 0.893. The maximum absolute atomic E-state index is 11.9. The molecule has 1 amide bonds. The number of aryl methyl sites for hydroxylation is 1. The summed E-state index contributed by atoms with van der Waals surface area (Å²) in [5.74, 6) is -0.0934. The number of nitrogens with one attached hydrogen (secondary N) is 1. The first-order chi connectivity index (χ1) is 9.45. The van der Waals surface area contributed by atoms with Crippen LogP contribution in [0.3, 0.4) is 0 Å². The number of hydrogen-bond acceptors (Lipinski definition) is 2. The number of rotatable bonds is 3. The number of carbonyl (C=O) groups excluding carboxylic acids is 1. The summed E-state index contributed by atoms with van der Waals surface area (Å²) in [6.45, 7) is 1.84. The molecule has 3 nitrogen and oxygen atoms in total. The summed E-state index contributed by atoms with van der Waals surface area (Å²) >= 11 is 12.1. The van der Waals surface area contributed by atoms with Crippen LogP contribution in [0.5, 0.6) is 5.75 Å². The number of amides is 1. The summed E-state index contributed by atoms with van der Waals surface area (Å²) < 4.78 is 0. The van der Waals surface area contributed by atoms with Crippen molar-refractivity contribution in [3.05, 3.63) is 57.6 Å². The molecule has 0 aliphatic rings. The van der Waals surface area contributed by atoms with Gasteiger partial charge in [0.15, 0.2) is 0 Å². The van der Waals surface area contributed by atoms with E-state index in [0.717, 1.165) is 11.1 Å². The zero-order chi connectivity index (χ0) is 14.7. The number of anilines is 1. The Balaban J connectivity index is 2.10. The van der Waals surface area contributed by atoms with Crippen LogP contribution in [-0.2, 0) is 11.2 Å². The fraction of sp³-hybridized carbons (Fsp3) is 0.133. The second-order valence-electron chi connectivity index (χ2n) is 4.48. The van der Waals surface area contributed by atoms with Gasteiger partial charge < -0.3 is 10.4 Å². The Hall–Kier alpha value is -1.71. The van der Waals surface area contributed by atoms with Crippen molar-refractivity contribution in [2.45, 2.75) is 13.3 Å². The van der Waals surface area contributed by atoms with Crippen molar-refractivity contribution in [3.63, 3.8) is 0 Å². The van der Waals surface area contributed by atoms with Gasteiger partial charge in [-0.25, -0.2) is 0 Å². The molecular formula is C15H13Cl2NO2. The molecule has 0 aliphatic carbocycles. The van der Waals surface area contributed by atoms with Crippen LogP contribution in [-0.4, -0.2) is 11.0 Å². The predicted octanol–water partition coefficient (Wildman–Crippen LogP) is 4.19. The van der Waals surface area contributed by atoms with Crippen LogP contribution in [0.1, 0.15) is 11.1 Å². The van der Waals surface area contributed by atoms with E-state index in [0.29, 0.717) is 15.7 Å². The van der Waals surface area contributed by atoms with Crippen LogP contribution in [0.15, 0.2) is 36.4 Å². The van der Waals surface area contributed by atoms with Gasteiger partial charge in [-0.2, -0.15) is 0 Å². The Morgan fingerprint density at radius 1 is 1.20 bits per heavy atom. The molecule has 2 aromatic rings. The molecule has 20 heavy (non-hydrogen) atoms. The molecule has 0 aromatic heterocycles. The Kier molecular flexibility index (Phi) is 4.53. The third kappa shape index (κ3) is 3.65. The molecule has 2 aromatic carbocycles. The number of benzene rings is 2. The van der Waals surface area contributed by atoms with Gasteiger partial charge in [0.25, 0.3) is 0 Å². The van der Waals surface area contributed by atoms with Gasteiger partial charge in [0, 0.05) is 5.02 Å². The summed E-state index contributed by atoms with van der Waals surface area (Å²) in [7, 11) is 0. The SMILES string of the molecule is Cc1cc(Cl)c(NC(=O)Cc2cccc(O)c2)cc1Cl. The standard InChI is InChI=1S/C15H13Cl2NO2/c1-9-5-13(17)14(8-12(9)16)18-15(20)7-10-3-2-4-11(19)6-10/h2-6,8,19H,7H2,1H3,(H,18,20). The summed E-state index contributed by atoms with van der Waals surface area (Å²) in [6.07, 6.45) is 0.149. The minimum atomic E-state index is -0.225. The fourth-order valence-electron chi connectivity index (χ4n) is 1.79.